The second kappa shape index (κ2) is 15.6. The van der Waals surface area contributed by atoms with Gasteiger partial charge in [-0.25, -0.2) is 17.5 Å². The largest absolute Gasteiger partial charge is 0.354 e. The number of amides is 2. The third-order valence-corrected chi connectivity index (χ3v) is 9.15. The maximum atomic E-state index is 13.9. The Morgan fingerprint density at radius 3 is 2.26 bits per heavy atom. The van der Waals surface area contributed by atoms with E-state index in [4.69, 9.17) is 0 Å². The zero-order valence-corrected chi connectivity index (χ0v) is 25.4. The maximum Gasteiger partial charge on any atom is 0.247 e. The van der Waals surface area contributed by atoms with Gasteiger partial charge in [0.15, 0.2) is 0 Å². The normalized spacial score (nSPS) is 14.0. The predicted molar refractivity (Wildman–Crippen MR) is 166 cm³/mol. The SMILES string of the molecule is CCNS(=O)(=O)c1ccc(CCC(=O)N(Cc2ccc(F)cc2)C(C(=O)NCCC2=CCCCC2)c2ccccc2)cc1. The van der Waals surface area contributed by atoms with E-state index in [1.54, 1.807) is 36.1 Å². The molecule has 0 fully saturated rings. The number of rotatable bonds is 14. The van der Waals surface area contributed by atoms with Crippen molar-refractivity contribution in [1.29, 1.82) is 0 Å². The second-order valence-electron chi connectivity index (χ2n) is 10.8. The van der Waals surface area contributed by atoms with Crippen LogP contribution in [0.15, 0.2) is 95.4 Å². The molecule has 0 bridgehead atoms. The minimum absolute atomic E-state index is 0.101. The number of benzene rings is 3. The van der Waals surface area contributed by atoms with Gasteiger partial charge < -0.3 is 10.2 Å². The van der Waals surface area contributed by atoms with Crippen molar-refractivity contribution in [3.63, 3.8) is 0 Å². The first-order chi connectivity index (χ1) is 20.8. The summed E-state index contributed by atoms with van der Waals surface area (Å²) in [4.78, 5) is 29.4. The highest BCUT2D eigenvalue weighted by molar-refractivity contribution is 7.89. The Hall–Kier alpha value is -3.82. The van der Waals surface area contributed by atoms with Gasteiger partial charge >= 0.3 is 0 Å². The van der Waals surface area contributed by atoms with Crippen molar-refractivity contribution < 1.29 is 22.4 Å². The molecule has 2 N–H and O–H groups in total. The molecule has 3 aromatic rings. The molecule has 0 aliphatic heterocycles. The number of nitrogens with zero attached hydrogens (tertiary/aromatic N) is 1. The third kappa shape index (κ3) is 9.33. The number of halogens is 1. The summed E-state index contributed by atoms with van der Waals surface area (Å²) in [7, 11) is -3.58. The molecular weight excluding hydrogens is 565 g/mol. The van der Waals surface area contributed by atoms with E-state index < -0.39 is 16.1 Å². The van der Waals surface area contributed by atoms with E-state index in [9.17, 15) is 22.4 Å². The average Bonchev–Trinajstić information content (AvgIpc) is 3.02. The monoisotopic (exact) mass is 605 g/mol. The van der Waals surface area contributed by atoms with Crippen molar-refractivity contribution in [2.75, 3.05) is 13.1 Å². The topological polar surface area (TPSA) is 95.6 Å². The minimum atomic E-state index is -3.58. The lowest BCUT2D eigenvalue weighted by atomic mass is 9.97. The molecule has 1 atom stereocenters. The fourth-order valence-electron chi connectivity index (χ4n) is 5.30. The zero-order chi connectivity index (χ0) is 30.7. The Balaban J connectivity index is 1.55. The lowest BCUT2D eigenvalue weighted by Gasteiger charge is -2.32. The van der Waals surface area contributed by atoms with Crippen LogP contribution in [0.3, 0.4) is 0 Å². The molecule has 0 spiro atoms. The molecule has 0 radical (unpaired) electrons. The van der Waals surface area contributed by atoms with E-state index in [-0.39, 0.29) is 42.0 Å². The Labute approximate surface area is 254 Å². The summed E-state index contributed by atoms with van der Waals surface area (Å²) in [6.07, 6.45) is 7.99. The van der Waals surface area contributed by atoms with Crippen LogP contribution in [0.1, 0.15) is 68.2 Å². The zero-order valence-electron chi connectivity index (χ0n) is 24.6. The molecule has 9 heteroatoms. The quantitative estimate of drug-likeness (QED) is 0.226. The van der Waals surface area contributed by atoms with Crippen LogP contribution in [0.4, 0.5) is 4.39 Å². The highest BCUT2D eigenvalue weighted by Gasteiger charge is 2.31. The number of allylic oxidation sites excluding steroid dienone is 1. The Kier molecular flexibility index (Phi) is 11.6. The van der Waals surface area contributed by atoms with Gasteiger partial charge in [-0.1, -0.05) is 73.2 Å². The Morgan fingerprint density at radius 1 is 0.907 bits per heavy atom. The van der Waals surface area contributed by atoms with Crippen LogP contribution in [0.2, 0.25) is 0 Å². The molecule has 7 nitrogen and oxygen atoms in total. The first-order valence-corrected chi connectivity index (χ1v) is 16.4. The molecule has 0 saturated carbocycles. The van der Waals surface area contributed by atoms with Gasteiger partial charge in [0.25, 0.3) is 0 Å². The van der Waals surface area contributed by atoms with Crippen molar-refractivity contribution in [2.24, 2.45) is 0 Å². The van der Waals surface area contributed by atoms with Gasteiger partial charge in [-0.3, -0.25) is 9.59 Å². The smallest absolute Gasteiger partial charge is 0.247 e. The highest BCUT2D eigenvalue weighted by atomic mass is 32.2. The van der Waals surface area contributed by atoms with Crippen molar-refractivity contribution in [2.45, 2.75) is 69.4 Å². The van der Waals surface area contributed by atoms with Gasteiger partial charge in [0.05, 0.1) is 4.90 Å². The number of aryl methyl sites for hydroxylation is 1. The van der Waals surface area contributed by atoms with E-state index in [1.807, 2.05) is 30.3 Å². The summed E-state index contributed by atoms with van der Waals surface area (Å²) in [6.45, 7) is 2.61. The first kappa shape index (κ1) is 32.1. The number of hydrogen-bond acceptors (Lipinski definition) is 4. The van der Waals surface area contributed by atoms with Crippen LogP contribution in [0, 0.1) is 5.82 Å². The average molecular weight is 606 g/mol. The van der Waals surface area contributed by atoms with Crippen LogP contribution in [-0.4, -0.2) is 38.2 Å². The fourth-order valence-corrected chi connectivity index (χ4v) is 6.34. The molecule has 2 amide bonds. The number of hydrogen-bond donors (Lipinski definition) is 2. The van der Waals surface area contributed by atoms with E-state index in [1.165, 1.54) is 42.7 Å². The predicted octanol–water partition coefficient (Wildman–Crippen LogP) is 5.83. The summed E-state index contributed by atoms with van der Waals surface area (Å²) >= 11 is 0. The van der Waals surface area contributed by atoms with E-state index in [0.717, 1.165) is 24.8 Å². The van der Waals surface area contributed by atoms with Gasteiger partial charge in [0.1, 0.15) is 11.9 Å². The van der Waals surface area contributed by atoms with Crippen molar-refractivity contribution in [3.8, 4) is 0 Å². The molecular formula is C34H40FN3O4S. The van der Waals surface area contributed by atoms with Gasteiger partial charge in [-0.15, -0.1) is 0 Å². The van der Waals surface area contributed by atoms with Gasteiger partial charge in [-0.2, -0.15) is 0 Å². The van der Waals surface area contributed by atoms with Crippen LogP contribution >= 0.6 is 0 Å². The Morgan fingerprint density at radius 2 is 1.60 bits per heavy atom. The van der Waals surface area contributed by atoms with Crippen LogP contribution < -0.4 is 10.0 Å². The summed E-state index contributed by atoms with van der Waals surface area (Å²) in [5.74, 6) is -0.890. The molecule has 1 aliphatic rings. The molecule has 43 heavy (non-hydrogen) atoms. The lowest BCUT2D eigenvalue weighted by Crippen LogP contribution is -2.43. The molecule has 228 valence electrons. The molecule has 0 aromatic heterocycles. The molecule has 0 saturated heterocycles. The number of sulfonamides is 1. The third-order valence-electron chi connectivity index (χ3n) is 7.59. The molecule has 0 heterocycles. The van der Waals surface area contributed by atoms with Crippen molar-refractivity contribution in [3.05, 3.63) is 113 Å². The van der Waals surface area contributed by atoms with Gasteiger partial charge in [-0.05, 0) is 79.5 Å². The van der Waals surface area contributed by atoms with Gasteiger partial charge in [0.2, 0.25) is 21.8 Å². The molecule has 4 rings (SSSR count). The summed E-state index contributed by atoms with van der Waals surface area (Å²) in [5.41, 5.74) is 3.54. The number of carbonyl (C=O) groups is 2. The van der Waals surface area contributed by atoms with E-state index in [0.29, 0.717) is 24.1 Å². The maximum absolute atomic E-state index is 13.9. The number of nitrogens with one attached hydrogen (secondary N) is 2. The van der Waals surface area contributed by atoms with Crippen LogP contribution in [0.5, 0.6) is 0 Å². The summed E-state index contributed by atoms with van der Waals surface area (Å²) < 4.78 is 40.7. The second-order valence-corrected chi connectivity index (χ2v) is 12.5. The summed E-state index contributed by atoms with van der Waals surface area (Å²) in [6, 6.07) is 20.7. The van der Waals surface area contributed by atoms with Gasteiger partial charge in [0, 0.05) is 26.1 Å². The molecule has 3 aromatic carbocycles. The lowest BCUT2D eigenvalue weighted by molar-refractivity contribution is -0.141. The van der Waals surface area contributed by atoms with Crippen molar-refractivity contribution in [1.82, 2.24) is 14.9 Å². The molecule has 1 unspecified atom stereocenters. The van der Waals surface area contributed by atoms with Crippen molar-refractivity contribution >= 4 is 21.8 Å². The first-order valence-electron chi connectivity index (χ1n) is 14.9. The minimum Gasteiger partial charge on any atom is -0.354 e. The number of carbonyl (C=O) groups excluding carboxylic acids is 2. The van der Waals surface area contributed by atoms with Crippen LogP contribution in [0.25, 0.3) is 0 Å². The molecule has 1 aliphatic carbocycles. The Bertz CT molecular complexity index is 1490. The fraction of sp³-hybridized carbons (Fsp3) is 0.353. The standard InChI is InChI=1S/C34H40FN3O4S/c1-2-37-43(41,42)31-20-15-27(16-21-31)17-22-32(39)38(25-28-13-18-30(35)19-14-28)33(29-11-7-4-8-12-29)34(40)36-24-23-26-9-5-3-6-10-26/h4,7-9,11-16,18-21,33,37H,2-3,5-6,10,17,22-25H2,1H3,(H,36,40). The van der Waals surface area contributed by atoms with E-state index >= 15 is 0 Å². The van der Waals surface area contributed by atoms with Crippen LogP contribution in [-0.2, 0) is 32.6 Å². The summed E-state index contributed by atoms with van der Waals surface area (Å²) in [5, 5.41) is 3.07. The highest BCUT2D eigenvalue weighted by Crippen LogP contribution is 2.26. The van der Waals surface area contributed by atoms with E-state index in [2.05, 4.69) is 16.1 Å².